The Labute approximate surface area is 364 Å². The second-order valence-electron chi connectivity index (χ2n) is 15.6. The Kier molecular flexibility index (Phi) is 23.6. The molecular formula is C54H76N4O2. The lowest BCUT2D eigenvalue weighted by Crippen LogP contribution is -2.23. The minimum absolute atomic E-state index is 0.154. The van der Waals surface area contributed by atoms with Crippen LogP contribution in [0.15, 0.2) is 170 Å². The third-order valence-electron chi connectivity index (χ3n) is 10.9. The Bertz CT molecular complexity index is 1840. The smallest absolute Gasteiger partial charge is 0.118 e. The van der Waals surface area contributed by atoms with Gasteiger partial charge in [-0.2, -0.15) is 0 Å². The number of para-hydroxylation sites is 2. The molecule has 2 atom stereocenters. The average molecular weight is 813 g/mol. The zero-order valence-electron chi connectivity index (χ0n) is 38.7. The zero-order chi connectivity index (χ0) is 45.2. The van der Waals surface area contributed by atoms with Crippen molar-refractivity contribution in [2.75, 3.05) is 42.4 Å². The van der Waals surface area contributed by atoms with E-state index in [4.69, 9.17) is 9.47 Å². The second kappa shape index (κ2) is 26.8. The zero-order valence-corrected chi connectivity index (χ0v) is 38.7. The molecule has 0 bridgehead atoms. The normalized spacial score (nSPS) is 17.6. The van der Waals surface area contributed by atoms with Crippen LogP contribution >= 0.6 is 0 Å². The molecule has 0 heterocycles. The summed E-state index contributed by atoms with van der Waals surface area (Å²) in [5.41, 5.74) is 27.7. The number of benzene rings is 6. The summed E-state index contributed by atoms with van der Waals surface area (Å²) >= 11 is 0. The average Bonchev–Trinajstić information content (AvgIpc) is 3.69. The van der Waals surface area contributed by atoms with Crippen molar-refractivity contribution in [2.24, 2.45) is 22.9 Å². The Balaban J connectivity index is 0.000000399. The van der Waals surface area contributed by atoms with Crippen LogP contribution in [0.2, 0.25) is 0 Å². The Morgan fingerprint density at radius 3 is 0.767 bits per heavy atom. The van der Waals surface area contributed by atoms with Gasteiger partial charge < -0.3 is 32.4 Å². The molecule has 6 aromatic rings. The summed E-state index contributed by atoms with van der Waals surface area (Å²) in [6.45, 7) is 14.2. The van der Waals surface area contributed by atoms with Gasteiger partial charge >= 0.3 is 0 Å². The second-order valence-corrected chi connectivity index (χ2v) is 15.6. The van der Waals surface area contributed by atoms with Gasteiger partial charge in [0.05, 0.1) is 14.2 Å². The van der Waals surface area contributed by atoms with Crippen LogP contribution in [-0.2, 0) is 21.7 Å². The number of nitrogens with two attached hydrogens (primary N) is 4. The third kappa shape index (κ3) is 13.9. The van der Waals surface area contributed by atoms with E-state index in [1.54, 1.807) is 14.2 Å². The van der Waals surface area contributed by atoms with Gasteiger partial charge in [0.15, 0.2) is 0 Å². The highest BCUT2D eigenvalue weighted by molar-refractivity contribution is 5.52. The maximum Gasteiger partial charge on any atom is 0.118 e. The monoisotopic (exact) mass is 813 g/mol. The fourth-order valence-corrected chi connectivity index (χ4v) is 8.50. The van der Waals surface area contributed by atoms with Crippen molar-refractivity contribution in [2.45, 2.75) is 76.0 Å². The summed E-state index contributed by atoms with van der Waals surface area (Å²) in [6, 6.07) is 59.1. The highest BCUT2D eigenvalue weighted by Gasteiger charge is 2.46. The predicted octanol–water partition coefficient (Wildman–Crippen LogP) is 11.0. The molecule has 2 aliphatic rings. The SMILES string of the molecule is CC1(C)CC(C)(c2ccccc2)c2ccccc21.CC1(C)CC(C)(c2ccccc2)c2ccccc21.CN.CN.CN.CN.COc1ccccc1.COc1ccccc1. The van der Waals surface area contributed by atoms with Crippen LogP contribution in [0.3, 0.4) is 0 Å². The highest BCUT2D eigenvalue weighted by Crippen LogP contribution is 2.53. The molecule has 60 heavy (non-hydrogen) atoms. The summed E-state index contributed by atoms with van der Waals surface area (Å²) < 4.78 is 9.83. The number of hydrogen-bond acceptors (Lipinski definition) is 6. The number of methoxy groups -OCH3 is 2. The van der Waals surface area contributed by atoms with E-state index in [0.29, 0.717) is 0 Å². The molecule has 6 nitrogen and oxygen atoms in total. The molecular weight excluding hydrogens is 737 g/mol. The van der Waals surface area contributed by atoms with Crippen molar-refractivity contribution in [1.82, 2.24) is 0 Å². The molecule has 0 saturated carbocycles. The third-order valence-corrected chi connectivity index (χ3v) is 10.9. The molecule has 0 aliphatic heterocycles. The van der Waals surface area contributed by atoms with E-state index in [9.17, 15) is 0 Å². The largest absolute Gasteiger partial charge is 0.497 e. The summed E-state index contributed by atoms with van der Waals surface area (Å²) in [7, 11) is 9.32. The highest BCUT2D eigenvalue weighted by atomic mass is 16.5. The standard InChI is InChI=1S/2C18H20.2C7H8O.4CH5N/c2*1-17(2)13-18(3,14-9-5-4-6-10-14)16-12-8-7-11-15(16)17;2*1-8-7-5-3-2-4-6-7;4*1-2/h2*4-12H,13H2,1-3H3;2*2-6H,1H3;4*2H2,1H3. The fourth-order valence-electron chi connectivity index (χ4n) is 8.50. The van der Waals surface area contributed by atoms with Crippen LogP contribution in [0.5, 0.6) is 11.5 Å². The first kappa shape index (κ1) is 52.8. The molecule has 8 N–H and O–H groups in total. The van der Waals surface area contributed by atoms with Crippen molar-refractivity contribution in [3.63, 3.8) is 0 Å². The topological polar surface area (TPSA) is 123 Å². The first-order chi connectivity index (χ1) is 28.9. The quantitative estimate of drug-likeness (QED) is 0.141. The van der Waals surface area contributed by atoms with E-state index in [-0.39, 0.29) is 21.7 Å². The molecule has 2 aliphatic carbocycles. The minimum atomic E-state index is 0.154. The fraction of sp³-hybridized carbons (Fsp3) is 0.333. The Morgan fingerprint density at radius 2 is 0.533 bits per heavy atom. The lowest BCUT2D eigenvalue weighted by Gasteiger charge is -2.28. The van der Waals surface area contributed by atoms with Crippen LogP contribution in [0.25, 0.3) is 0 Å². The lowest BCUT2D eigenvalue weighted by atomic mass is 9.75. The maximum absolute atomic E-state index is 4.91. The van der Waals surface area contributed by atoms with Crippen molar-refractivity contribution < 1.29 is 9.47 Å². The van der Waals surface area contributed by atoms with Crippen LogP contribution in [0.4, 0.5) is 0 Å². The van der Waals surface area contributed by atoms with Crippen LogP contribution < -0.4 is 32.4 Å². The van der Waals surface area contributed by atoms with Gasteiger partial charge in [-0.05, 0) is 110 Å². The molecule has 0 radical (unpaired) electrons. The number of fused-ring (bicyclic) bond motifs is 2. The van der Waals surface area contributed by atoms with Crippen molar-refractivity contribution in [1.29, 1.82) is 0 Å². The van der Waals surface area contributed by atoms with Crippen LogP contribution in [0.1, 0.15) is 87.8 Å². The number of ether oxygens (including phenoxy) is 2. The van der Waals surface area contributed by atoms with E-state index in [2.05, 4.69) is 174 Å². The molecule has 0 amide bonds. The molecule has 8 rings (SSSR count). The molecule has 0 saturated heterocycles. The van der Waals surface area contributed by atoms with Gasteiger partial charge in [-0.25, -0.2) is 0 Å². The van der Waals surface area contributed by atoms with Gasteiger partial charge in [0.25, 0.3) is 0 Å². The predicted molar refractivity (Wildman–Crippen MR) is 260 cm³/mol. The van der Waals surface area contributed by atoms with Gasteiger partial charge in [-0.3, -0.25) is 0 Å². The molecule has 2 unspecified atom stereocenters. The summed E-state index contributed by atoms with van der Waals surface area (Å²) in [6.07, 6.45) is 2.37. The molecule has 6 aromatic carbocycles. The maximum atomic E-state index is 4.91. The van der Waals surface area contributed by atoms with Crippen LogP contribution in [0, 0.1) is 0 Å². The number of hydrogen-bond donors (Lipinski definition) is 4. The van der Waals surface area contributed by atoms with Gasteiger partial charge in [0.1, 0.15) is 11.5 Å². The van der Waals surface area contributed by atoms with E-state index >= 15 is 0 Å². The Hall–Kier alpha value is -5.24. The lowest BCUT2D eigenvalue weighted by molar-refractivity contribution is 0.414. The molecule has 0 fully saturated rings. The molecule has 0 aromatic heterocycles. The Morgan fingerprint density at radius 1 is 0.317 bits per heavy atom. The van der Waals surface area contributed by atoms with Gasteiger partial charge in [0, 0.05) is 10.8 Å². The van der Waals surface area contributed by atoms with E-state index < -0.39 is 0 Å². The van der Waals surface area contributed by atoms with E-state index in [1.807, 2.05) is 60.7 Å². The van der Waals surface area contributed by atoms with Crippen molar-refractivity contribution >= 4 is 0 Å². The molecule has 6 heteroatoms. The van der Waals surface area contributed by atoms with Crippen molar-refractivity contribution in [3.05, 3.63) is 203 Å². The number of rotatable bonds is 4. The molecule has 324 valence electrons. The summed E-state index contributed by atoms with van der Waals surface area (Å²) in [4.78, 5) is 0. The minimum Gasteiger partial charge on any atom is -0.497 e. The molecule has 0 spiro atoms. The van der Waals surface area contributed by atoms with Crippen LogP contribution in [-0.4, -0.2) is 42.4 Å². The van der Waals surface area contributed by atoms with Gasteiger partial charge in [0.2, 0.25) is 0 Å². The van der Waals surface area contributed by atoms with Gasteiger partial charge in [-0.1, -0.05) is 187 Å². The van der Waals surface area contributed by atoms with Gasteiger partial charge in [-0.15, -0.1) is 0 Å². The summed E-state index contributed by atoms with van der Waals surface area (Å²) in [5, 5.41) is 0. The summed E-state index contributed by atoms with van der Waals surface area (Å²) in [5.74, 6) is 1.82. The van der Waals surface area contributed by atoms with E-state index in [1.165, 1.54) is 74.4 Å². The van der Waals surface area contributed by atoms with Crippen molar-refractivity contribution in [3.8, 4) is 11.5 Å². The first-order valence-electron chi connectivity index (χ1n) is 20.7. The van der Waals surface area contributed by atoms with E-state index in [0.717, 1.165) is 11.5 Å². The first-order valence-corrected chi connectivity index (χ1v) is 20.7.